The molecular formula is C23H29BrN6O2. The van der Waals surface area contributed by atoms with E-state index in [1.165, 1.54) is 0 Å². The normalized spacial score (nSPS) is 19.3. The molecule has 3 N–H and O–H groups in total. The maximum Gasteiger partial charge on any atom is 0.227 e. The molecule has 0 unspecified atom stereocenters. The Labute approximate surface area is 195 Å². The van der Waals surface area contributed by atoms with E-state index >= 15 is 0 Å². The minimum Gasteiger partial charge on any atom is -0.389 e. The average molecular weight is 501 g/mol. The second kappa shape index (κ2) is 9.20. The molecule has 32 heavy (non-hydrogen) atoms. The number of nitriles is 1. The van der Waals surface area contributed by atoms with Crippen molar-refractivity contribution in [3.8, 4) is 6.07 Å². The molecule has 1 saturated carbocycles. The second-order valence-electron chi connectivity index (χ2n) is 9.51. The molecule has 4 rings (SSSR count). The minimum absolute atomic E-state index is 0.137. The highest BCUT2D eigenvalue weighted by Crippen LogP contribution is 2.35. The van der Waals surface area contributed by atoms with Crippen molar-refractivity contribution >= 4 is 43.9 Å². The first kappa shape index (κ1) is 22.7. The number of aliphatic hydroxyl groups is 1. The summed E-state index contributed by atoms with van der Waals surface area (Å²) >= 11 is 3.63. The number of nitrogens with zero attached hydrogens (tertiary/aromatic N) is 4. The van der Waals surface area contributed by atoms with E-state index in [4.69, 9.17) is 10.2 Å². The van der Waals surface area contributed by atoms with Gasteiger partial charge in [0, 0.05) is 30.2 Å². The fourth-order valence-electron chi connectivity index (χ4n) is 4.57. The van der Waals surface area contributed by atoms with Crippen molar-refractivity contribution in [2.24, 2.45) is 11.8 Å². The maximum atomic E-state index is 12.6. The van der Waals surface area contributed by atoms with Crippen LogP contribution in [0.25, 0.3) is 22.1 Å². The molecule has 8 nitrogen and oxygen atoms in total. The van der Waals surface area contributed by atoms with Crippen molar-refractivity contribution in [1.82, 2.24) is 24.8 Å². The van der Waals surface area contributed by atoms with Gasteiger partial charge < -0.3 is 20.0 Å². The summed E-state index contributed by atoms with van der Waals surface area (Å²) in [6.45, 7) is 4.29. The van der Waals surface area contributed by atoms with Crippen LogP contribution in [0.3, 0.4) is 0 Å². The highest BCUT2D eigenvalue weighted by Gasteiger charge is 2.25. The molecule has 0 radical (unpaired) electrons. The predicted octanol–water partition coefficient (Wildman–Crippen LogP) is 3.82. The van der Waals surface area contributed by atoms with Gasteiger partial charge in [-0.1, -0.05) is 0 Å². The third-order valence-corrected chi connectivity index (χ3v) is 6.89. The number of aromatic nitrogens is 4. The van der Waals surface area contributed by atoms with Crippen LogP contribution in [0, 0.1) is 23.2 Å². The third kappa shape index (κ3) is 4.97. The molecule has 0 aromatic carbocycles. The van der Waals surface area contributed by atoms with Crippen LogP contribution in [0.1, 0.15) is 51.8 Å². The molecule has 0 atom stereocenters. The van der Waals surface area contributed by atoms with Crippen molar-refractivity contribution in [3.05, 3.63) is 22.7 Å². The topological polar surface area (TPSA) is 120 Å². The Morgan fingerprint density at radius 1 is 1.38 bits per heavy atom. The fourth-order valence-corrected chi connectivity index (χ4v) is 5.06. The van der Waals surface area contributed by atoms with Crippen LogP contribution in [0.4, 0.5) is 0 Å². The summed E-state index contributed by atoms with van der Waals surface area (Å²) in [5, 5.41) is 22.7. The number of aromatic amines is 1. The molecule has 1 aliphatic carbocycles. The molecule has 1 fully saturated rings. The highest BCUT2D eigenvalue weighted by molar-refractivity contribution is 9.10. The largest absolute Gasteiger partial charge is 0.389 e. The van der Waals surface area contributed by atoms with Gasteiger partial charge in [0.1, 0.15) is 17.0 Å². The van der Waals surface area contributed by atoms with E-state index in [0.717, 1.165) is 58.8 Å². The molecule has 0 bridgehead atoms. The lowest BCUT2D eigenvalue weighted by molar-refractivity contribution is -0.121. The van der Waals surface area contributed by atoms with Gasteiger partial charge in [0.2, 0.25) is 5.91 Å². The Balaban J connectivity index is 1.65. The van der Waals surface area contributed by atoms with E-state index in [1.54, 1.807) is 20.0 Å². The van der Waals surface area contributed by atoms with E-state index in [0.29, 0.717) is 24.1 Å². The van der Waals surface area contributed by atoms with E-state index in [1.807, 2.05) is 6.20 Å². The molecule has 3 heterocycles. The number of H-pyrrole nitrogens is 1. The van der Waals surface area contributed by atoms with Gasteiger partial charge in [-0.2, -0.15) is 5.26 Å². The fraction of sp³-hybridized carbons (Fsp3) is 0.565. The number of halogens is 1. The van der Waals surface area contributed by atoms with Crippen LogP contribution in [-0.4, -0.2) is 42.7 Å². The van der Waals surface area contributed by atoms with Crippen molar-refractivity contribution in [1.29, 1.82) is 5.26 Å². The standard InChI is InChI=1S/C23H29BrN6O2/c1-23(2,32)13-28-19(31)9-18-29-17-11-27-22-20(16(24)10-26-22)21(17)30(18)12-15-5-3-14(4-6-15)7-8-25/h10-11,14-15,32H,3-7,9,12-13H2,1-2H3,(H,26,27)(H,28,31). The zero-order valence-corrected chi connectivity index (χ0v) is 20.1. The number of fused-ring (bicyclic) bond motifs is 3. The molecule has 3 aromatic rings. The number of nitrogens with one attached hydrogen (secondary N) is 2. The molecule has 0 spiro atoms. The Morgan fingerprint density at radius 3 is 2.78 bits per heavy atom. The van der Waals surface area contributed by atoms with Crippen LogP contribution >= 0.6 is 15.9 Å². The molecule has 170 valence electrons. The lowest BCUT2D eigenvalue weighted by Crippen LogP contribution is -2.39. The highest BCUT2D eigenvalue weighted by atomic mass is 79.9. The number of carbonyl (C=O) groups is 1. The summed E-state index contributed by atoms with van der Waals surface area (Å²) in [4.78, 5) is 25.1. The number of hydrogen-bond acceptors (Lipinski definition) is 5. The predicted molar refractivity (Wildman–Crippen MR) is 126 cm³/mol. The number of pyridine rings is 1. The van der Waals surface area contributed by atoms with E-state index in [2.05, 4.69) is 41.9 Å². The third-order valence-electron chi connectivity index (χ3n) is 6.26. The van der Waals surface area contributed by atoms with Crippen LogP contribution in [-0.2, 0) is 17.8 Å². The number of rotatable bonds is 7. The SMILES string of the molecule is CC(C)(O)CNC(=O)Cc1nc2cnc3[nH]cc(Br)c3c2n1CC1CCC(CC#N)CC1. The number of hydrogen-bond donors (Lipinski definition) is 3. The molecule has 1 amide bonds. The van der Waals surface area contributed by atoms with Gasteiger partial charge in [0.15, 0.2) is 0 Å². The van der Waals surface area contributed by atoms with Gasteiger partial charge in [-0.15, -0.1) is 0 Å². The van der Waals surface area contributed by atoms with Gasteiger partial charge in [-0.3, -0.25) is 4.79 Å². The average Bonchev–Trinajstić information content (AvgIpc) is 3.28. The summed E-state index contributed by atoms with van der Waals surface area (Å²) < 4.78 is 3.10. The summed E-state index contributed by atoms with van der Waals surface area (Å²) in [5.41, 5.74) is 1.55. The van der Waals surface area contributed by atoms with Crippen molar-refractivity contribution in [3.63, 3.8) is 0 Å². The maximum absolute atomic E-state index is 12.6. The van der Waals surface area contributed by atoms with Gasteiger partial charge >= 0.3 is 0 Å². The van der Waals surface area contributed by atoms with Crippen molar-refractivity contribution in [2.45, 2.75) is 64.5 Å². The zero-order chi connectivity index (χ0) is 22.9. The van der Waals surface area contributed by atoms with E-state index in [-0.39, 0.29) is 18.9 Å². The van der Waals surface area contributed by atoms with Crippen molar-refractivity contribution in [2.75, 3.05) is 6.54 Å². The number of amides is 1. The van der Waals surface area contributed by atoms with Crippen LogP contribution in [0.2, 0.25) is 0 Å². The van der Waals surface area contributed by atoms with Crippen LogP contribution in [0.5, 0.6) is 0 Å². The molecular weight excluding hydrogens is 472 g/mol. The van der Waals surface area contributed by atoms with Crippen molar-refractivity contribution < 1.29 is 9.90 Å². The summed E-state index contributed by atoms with van der Waals surface area (Å²) in [6, 6.07) is 2.31. The Kier molecular flexibility index (Phi) is 6.54. The van der Waals surface area contributed by atoms with E-state index in [9.17, 15) is 9.90 Å². The molecule has 9 heteroatoms. The Hall–Kier alpha value is -2.44. The van der Waals surface area contributed by atoms with Crippen LogP contribution in [0.15, 0.2) is 16.9 Å². The number of carbonyl (C=O) groups excluding carboxylic acids is 1. The lowest BCUT2D eigenvalue weighted by atomic mass is 9.80. The monoisotopic (exact) mass is 500 g/mol. The first-order chi connectivity index (χ1) is 15.2. The molecule has 0 aliphatic heterocycles. The molecule has 3 aromatic heterocycles. The Bertz CT molecular complexity index is 1160. The molecule has 0 saturated heterocycles. The van der Waals surface area contributed by atoms with E-state index < -0.39 is 5.60 Å². The van der Waals surface area contributed by atoms with Gasteiger partial charge in [0.05, 0.1) is 35.2 Å². The first-order valence-corrected chi connectivity index (χ1v) is 11.9. The van der Waals surface area contributed by atoms with Gasteiger partial charge in [0.25, 0.3) is 0 Å². The molecule has 1 aliphatic rings. The summed E-state index contributed by atoms with van der Waals surface area (Å²) in [6.07, 6.45) is 8.66. The Morgan fingerprint density at radius 2 is 2.09 bits per heavy atom. The minimum atomic E-state index is -0.968. The van der Waals surface area contributed by atoms with Gasteiger partial charge in [-0.05, 0) is 67.3 Å². The second-order valence-corrected chi connectivity index (χ2v) is 10.4. The summed E-state index contributed by atoms with van der Waals surface area (Å²) in [5.74, 6) is 1.51. The van der Waals surface area contributed by atoms with Gasteiger partial charge in [-0.25, -0.2) is 9.97 Å². The summed E-state index contributed by atoms with van der Waals surface area (Å²) in [7, 11) is 0. The first-order valence-electron chi connectivity index (χ1n) is 11.1. The number of imidazole rings is 1. The van der Waals surface area contributed by atoms with Crippen LogP contribution < -0.4 is 5.32 Å². The quantitative estimate of drug-likeness (QED) is 0.455. The smallest absolute Gasteiger partial charge is 0.227 e. The zero-order valence-electron chi connectivity index (χ0n) is 18.5. The lowest BCUT2D eigenvalue weighted by Gasteiger charge is -2.28.